The Labute approximate surface area is 114 Å². The van der Waals surface area contributed by atoms with Crippen LogP contribution in [-0.4, -0.2) is 32.5 Å². The van der Waals surface area contributed by atoms with Crippen molar-refractivity contribution in [1.29, 1.82) is 0 Å². The highest BCUT2D eigenvalue weighted by molar-refractivity contribution is 5.41. The fourth-order valence-corrected chi connectivity index (χ4v) is 2.27. The van der Waals surface area contributed by atoms with E-state index in [1.807, 2.05) is 25.1 Å². The third kappa shape index (κ3) is 4.11. The van der Waals surface area contributed by atoms with E-state index in [0.717, 1.165) is 42.9 Å². The van der Waals surface area contributed by atoms with Crippen molar-refractivity contribution in [3.63, 3.8) is 0 Å². The first kappa shape index (κ1) is 14.2. The number of hydrogen-bond donors (Lipinski definition) is 1. The molecule has 2 atom stereocenters. The van der Waals surface area contributed by atoms with Gasteiger partial charge in [-0.25, -0.2) is 0 Å². The van der Waals surface area contributed by atoms with E-state index in [4.69, 9.17) is 19.9 Å². The Morgan fingerprint density at radius 3 is 2.95 bits per heavy atom. The molecule has 0 bridgehead atoms. The SMILES string of the molecule is COc1ccc(CC(C)N)c(OCC2CCCO2)c1. The zero-order valence-electron chi connectivity index (χ0n) is 11.7. The van der Waals surface area contributed by atoms with Gasteiger partial charge in [0.05, 0.1) is 13.2 Å². The predicted octanol–water partition coefficient (Wildman–Crippen LogP) is 2.14. The van der Waals surface area contributed by atoms with Crippen molar-refractivity contribution in [1.82, 2.24) is 0 Å². The molecule has 1 heterocycles. The van der Waals surface area contributed by atoms with Crippen LogP contribution in [0.1, 0.15) is 25.3 Å². The molecule has 1 aliphatic heterocycles. The van der Waals surface area contributed by atoms with Crippen LogP contribution in [0.4, 0.5) is 0 Å². The fourth-order valence-electron chi connectivity index (χ4n) is 2.27. The summed E-state index contributed by atoms with van der Waals surface area (Å²) in [6.07, 6.45) is 3.21. The highest BCUT2D eigenvalue weighted by Gasteiger charge is 2.17. The molecule has 2 rings (SSSR count). The summed E-state index contributed by atoms with van der Waals surface area (Å²) in [7, 11) is 1.66. The zero-order valence-corrected chi connectivity index (χ0v) is 11.7. The summed E-state index contributed by atoms with van der Waals surface area (Å²) in [6.45, 7) is 3.44. The van der Waals surface area contributed by atoms with E-state index < -0.39 is 0 Å². The lowest BCUT2D eigenvalue weighted by atomic mass is 10.1. The summed E-state index contributed by atoms with van der Waals surface area (Å²) in [5.74, 6) is 1.66. The van der Waals surface area contributed by atoms with Crippen LogP contribution in [0.5, 0.6) is 11.5 Å². The average molecular weight is 265 g/mol. The summed E-state index contributed by atoms with van der Waals surface area (Å²) < 4.78 is 16.7. The Morgan fingerprint density at radius 1 is 1.47 bits per heavy atom. The van der Waals surface area contributed by atoms with Gasteiger partial charge < -0.3 is 19.9 Å². The summed E-state index contributed by atoms with van der Waals surface area (Å²) in [5, 5.41) is 0. The summed E-state index contributed by atoms with van der Waals surface area (Å²) in [4.78, 5) is 0. The molecule has 106 valence electrons. The van der Waals surface area contributed by atoms with Crippen molar-refractivity contribution in [2.45, 2.75) is 38.3 Å². The first-order valence-corrected chi connectivity index (χ1v) is 6.86. The van der Waals surface area contributed by atoms with Crippen LogP contribution in [0.25, 0.3) is 0 Å². The lowest BCUT2D eigenvalue weighted by Gasteiger charge is -2.16. The second-order valence-corrected chi connectivity index (χ2v) is 5.10. The van der Waals surface area contributed by atoms with Crippen LogP contribution in [0.3, 0.4) is 0 Å². The number of hydrogen-bond acceptors (Lipinski definition) is 4. The topological polar surface area (TPSA) is 53.7 Å². The van der Waals surface area contributed by atoms with E-state index >= 15 is 0 Å². The van der Waals surface area contributed by atoms with Gasteiger partial charge in [-0.15, -0.1) is 0 Å². The lowest BCUT2D eigenvalue weighted by Crippen LogP contribution is -2.20. The Morgan fingerprint density at radius 2 is 2.32 bits per heavy atom. The van der Waals surface area contributed by atoms with E-state index in [0.29, 0.717) is 6.61 Å². The molecule has 1 aliphatic rings. The van der Waals surface area contributed by atoms with Crippen molar-refractivity contribution < 1.29 is 14.2 Å². The normalized spacial score (nSPS) is 20.3. The van der Waals surface area contributed by atoms with E-state index in [2.05, 4.69) is 0 Å². The van der Waals surface area contributed by atoms with E-state index in [9.17, 15) is 0 Å². The molecule has 19 heavy (non-hydrogen) atoms. The van der Waals surface area contributed by atoms with Gasteiger partial charge in [0, 0.05) is 18.7 Å². The molecular formula is C15H23NO3. The smallest absolute Gasteiger partial charge is 0.126 e. The van der Waals surface area contributed by atoms with Gasteiger partial charge in [-0.05, 0) is 37.8 Å². The Bertz CT molecular complexity index is 400. The van der Waals surface area contributed by atoms with Gasteiger partial charge in [0.1, 0.15) is 18.1 Å². The molecule has 0 spiro atoms. The molecule has 0 saturated carbocycles. The van der Waals surface area contributed by atoms with Crippen LogP contribution >= 0.6 is 0 Å². The van der Waals surface area contributed by atoms with Gasteiger partial charge in [-0.2, -0.15) is 0 Å². The van der Waals surface area contributed by atoms with Crippen LogP contribution in [-0.2, 0) is 11.2 Å². The van der Waals surface area contributed by atoms with E-state index in [-0.39, 0.29) is 12.1 Å². The number of benzene rings is 1. The summed E-state index contributed by atoms with van der Waals surface area (Å²) in [6, 6.07) is 5.99. The highest BCUT2D eigenvalue weighted by atomic mass is 16.5. The van der Waals surface area contributed by atoms with Crippen LogP contribution in [0.15, 0.2) is 18.2 Å². The van der Waals surface area contributed by atoms with E-state index in [1.54, 1.807) is 7.11 Å². The minimum absolute atomic E-state index is 0.110. The monoisotopic (exact) mass is 265 g/mol. The molecule has 0 amide bonds. The molecule has 0 aromatic heterocycles. The second kappa shape index (κ2) is 6.78. The fraction of sp³-hybridized carbons (Fsp3) is 0.600. The maximum Gasteiger partial charge on any atom is 0.126 e. The van der Waals surface area contributed by atoms with Gasteiger partial charge in [-0.1, -0.05) is 6.07 Å². The molecule has 4 heteroatoms. The van der Waals surface area contributed by atoms with Crippen LogP contribution < -0.4 is 15.2 Å². The largest absolute Gasteiger partial charge is 0.497 e. The van der Waals surface area contributed by atoms with Gasteiger partial charge >= 0.3 is 0 Å². The van der Waals surface area contributed by atoms with Crippen LogP contribution in [0.2, 0.25) is 0 Å². The maximum absolute atomic E-state index is 5.90. The molecule has 0 radical (unpaired) electrons. The minimum atomic E-state index is 0.110. The molecule has 1 aromatic rings. The third-order valence-corrected chi connectivity index (χ3v) is 3.26. The predicted molar refractivity (Wildman–Crippen MR) is 74.8 cm³/mol. The first-order valence-electron chi connectivity index (χ1n) is 6.86. The first-order chi connectivity index (χ1) is 9.19. The number of methoxy groups -OCH3 is 1. The molecule has 0 aliphatic carbocycles. The maximum atomic E-state index is 5.90. The van der Waals surface area contributed by atoms with Crippen molar-refractivity contribution in [2.24, 2.45) is 5.73 Å². The third-order valence-electron chi connectivity index (χ3n) is 3.26. The Kier molecular flexibility index (Phi) is 5.05. The van der Waals surface area contributed by atoms with E-state index in [1.165, 1.54) is 0 Å². The Hall–Kier alpha value is -1.26. The van der Waals surface area contributed by atoms with Gasteiger partial charge in [0.15, 0.2) is 0 Å². The standard InChI is InChI=1S/C15H23NO3/c1-11(16)8-12-5-6-13(17-2)9-15(12)19-10-14-4-3-7-18-14/h5-6,9,11,14H,3-4,7-8,10,16H2,1-2H3. The van der Waals surface area contributed by atoms with Crippen molar-refractivity contribution >= 4 is 0 Å². The van der Waals surface area contributed by atoms with Gasteiger partial charge in [0.2, 0.25) is 0 Å². The zero-order chi connectivity index (χ0) is 13.7. The molecule has 2 unspecified atom stereocenters. The van der Waals surface area contributed by atoms with Crippen LogP contribution in [0, 0.1) is 0 Å². The number of rotatable bonds is 6. The number of ether oxygens (including phenoxy) is 3. The summed E-state index contributed by atoms with van der Waals surface area (Å²) >= 11 is 0. The van der Waals surface area contributed by atoms with Gasteiger partial charge in [-0.3, -0.25) is 0 Å². The second-order valence-electron chi connectivity index (χ2n) is 5.10. The quantitative estimate of drug-likeness (QED) is 0.856. The molecule has 2 N–H and O–H groups in total. The number of nitrogens with two attached hydrogens (primary N) is 1. The molecular weight excluding hydrogens is 242 g/mol. The van der Waals surface area contributed by atoms with Gasteiger partial charge in [0.25, 0.3) is 0 Å². The minimum Gasteiger partial charge on any atom is -0.497 e. The molecule has 4 nitrogen and oxygen atoms in total. The van der Waals surface area contributed by atoms with Crippen molar-refractivity contribution in [3.8, 4) is 11.5 Å². The molecule has 1 saturated heterocycles. The molecule has 1 fully saturated rings. The Balaban J connectivity index is 2.05. The average Bonchev–Trinajstić information content (AvgIpc) is 2.90. The van der Waals surface area contributed by atoms with Crippen molar-refractivity contribution in [3.05, 3.63) is 23.8 Å². The summed E-state index contributed by atoms with van der Waals surface area (Å²) in [5.41, 5.74) is 6.99. The highest BCUT2D eigenvalue weighted by Crippen LogP contribution is 2.26. The lowest BCUT2D eigenvalue weighted by molar-refractivity contribution is 0.0675. The molecule has 1 aromatic carbocycles. The van der Waals surface area contributed by atoms with Crippen molar-refractivity contribution in [2.75, 3.05) is 20.3 Å².